The third kappa shape index (κ3) is 3.30. The van der Waals surface area contributed by atoms with E-state index in [0.29, 0.717) is 27.2 Å². The number of hydrogen-bond acceptors (Lipinski definition) is 3. The summed E-state index contributed by atoms with van der Waals surface area (Å²) in [6, 6.07) is 12.4. The van der Waals surface area contributed by atoms with Crippen molar-refractivity contribution in [2.24, 2.45) is 0 Å². The molecule has 0 bridgehead atoms. The number of halogens is 1. The van der Waals surface area contributed by atoms with Crippen molar-refractivity contribution in [2.45, 2.75) is 0 Å². The first-order chi connectivity index (χ1) is 9.63. The summed E-state index contributed by atoms with van der Waals surface area (Å²) in [4.78, 5) is 12.3. The van der Waals surface area contributed by atoms with Gasteiger partial charge in [-0.2, -0.15) is 0 Å². The first kappa shape index (κ1) is 14.4. The van der Waals surface area contributed by atoms with Crippen LogP contribution < -0.4 is 14.8 Å². The van der Waals surface area contributed by atoms with Crippen LogP contribution in [0, 0.1) is 0 Å². The van der Waals surface area contributed by atoms with Gasteiger partial charge in [-0.25, -0.2) is 0 Å². The van der Waals surface area contributed by atoms with Gasteiger partial charge in [0.2, 0.25) is 0 Å². The normalized spacial score (nSPS) is 9.95. The molecule has 0 saturated heterocycles. The molecular weight excluding hydrogens is 322 g/mol. The standard InChI is InChI=1S/C15H14BrNO3/c1-19-11-5-3-4-10(8-11)17-15(18)13-9-12(20-2)6-7-14(13)16/h3-9H,1-2H3,(H,17,18). The highest BCUT2D eigenvalue weighted by Gasteiger charge is 2.12. The van der Waals surface area contributed by atoms with Crippen molar-refractivity contribution in [1.82, 2.24) is 0 Å². The number of carbonyl (C=O) groups is 1. The quantitative estimate of drug-likeness (QED) is 0.926. The molecule has 0 radical (unpaired) electrons. The van der Waals surface area contributed by atoms with E-state index in [1.807, 2.05) is 12.1 Å². The van der Waals surface area contributed by atoms with Crippen molar-refractivity contribution in [1.29, 1.82) is 0 Å². The molecule has 0 aliphatic heterocycles. The second-order valence-electron chi connectivity index (χ2n) is 4.03. The minimum atomic E-state index is -0.218. The molecule has 104 valence electrons. The Kier molecular flexibility index (Phi) is 4.63. The highest BCUT2D eigenvalue weighted by atomic mass is 79.9. The summed E-state index contributed by atoms with van der Waals surface area (Å²) in [6.45, 7) is 0. The SMILES string of the molecule is COc1cccc(NC(=O)c2cc(OC)ccc2Br)c1. The zero-order valence-corrected chi connectivity index (χ0v) is 12.7. The average molecular weight is 336 g/mol. The molecule has 0 aromatic heterocycles. The summed E-state index contributed by atoms with van der Waals surface area (Å²) in [5.41, 5.74) is 1.18. The van der Waals surface area contributed by atoms with Crippen LogP contribution in [0.25, 0.3) is 0 Å². The van der Waals surface area contributed by atoms with Crippen molar-refractivity contribution in [3.05, 3.63) is 52.5 Å². The lowest BCUT2D eigenvalue weighted by atomic mass is 10.2. The predicted molar refractivity (Wildman–Crippen MR) is 81.6 cm³/mol. The van der Waals surface area contributed by atoms with E-state index in [9.17, 15) is 4.79 Å². The van der Waals surface area contributed by atoms with Crippen LogP contribution in [0.4, 0.5) is 5.69 Å². The number of hydrogen-bond donors (Lipinski definition) is 1. The van der Waals surface area contributed by atoms with Crippen LogP contribution in [0.2, 0.25) is 0 Å². The number of anilines is 1. The fourth-order valence-corrected chi connectivity index (χ4v) is 2.13. The second kappa shape index (κ2) is 6.43. The number of nitrogens with one attached hydrogen (secondary N) is 1. The van der Waals surface area contributed by atoms with E-state index >= 15 is 0 Å². The number of amides is 1. The Morgan fingerprint density at radius 2 is 1.75 bits per heavy atom. The monoisotopic (exact) mass is 335 g/mol. The minimum absolute atomic E-state index is 0.218. The van der Waals surface area contributed by atoms with Gasteiger partial charge in [0, 0.05) is 16.2 Å². The van der Waals surface area contributed by atoms with Gasteiger partial charge in [-0.15, -0.1) is 0 Å². The summed E-state index contributed by atoms with van der Waals surface area (Å²) in [5.74, 6) is 1.10. The van der Waals surface area contributed by atoms with Crippen LogP contribution in [-0.2, 0) is 0 Å². The molecule has 0 spiro atoms. The molecular formula is C15H14BrNO3. The third-order valence-corrected chi connectivity index (χ3v) is 3.44. The second-order valence-corrected chi connectivity index (χ2v) is 4.89. The Morgan fingerprint density at radius 3 is 2.45 bits per heavy atom. The van der Waals surface area contributed by atoms with E-state index in [-0.39, 0.29) is 5.91 Å². The van der Waals surface area contributed by atoms with Gasteiger partial charge in [0.1, 0.15) is 11.5 Å². The Morgan fingerprint density at radius 1 is 1.05 bits per heavy atom. The van der Waals surface area contributed by atoms with Gasteiger partial charge in [0.15, 0.2) is 0 Å². The topological polar surface area (TPSA) is 47.6 Å². The Labute approximate surface area is 125 Å². The van der Waals surface area contributed by atoms with Crippen LogP contribution in [0.1, 0.15) is 10.4 Å². The average Bonchev–Trinajstić information content (AvgIpc) is 2.47. The molecule has 0 unspecified atom stereocenters. The molecule has 4 nitrogen and oxygen atoms in total. The first-order valence-corrected chi connectivity index (χ1v) is 6.72. The van der Waals surface area contributed by atoms with Crippen LogP contribution in [0.3, 0.4) is 0 Å². The van der Waals surface area contributed by atoms with Crippen LogP contribution in [-0.4, -0.2) is 20.1 Å². The predicted octanol–water partition coefficient (Wildman–Crippen LogP) is 3.72. The van der Waals surface area contributed by atoms with Gasteiger partial charge < -0.3 is 14.8 Å². The Bertz CT molecular complexity index is 628. The maximum Gasteiger partial charge on any atom is 0.256 e. The maximum atomic E-state index is 12.3. The number of benzene rings is 2. The van der Waals surface area contributed by atoms with Gasteiger partial charge >= 0.3 is 0 Å². The summed E-state index contributed by atoms with van der Waals surface area (Å²) < 4.78 is 11.0. The molecule has 20 heavy (non-hydrogen) atoms. The molecule has 2 aromatic carbocycles. The van der Waals surface area contributed by atoms with Gasteiger partial charge in [-0.05, 0) is 46.3 Å². The van der Waals surface area contributed by atoms with Crippen molar-refractivity contribution in [3.63, 3.8) is 0 Å². The lowest BCUT2D eigenvalue weighted by Gasteiger charge is -2.09. The smallest absolute Gasteiger partial charge is 0.256 e. The lowest BCUT2D eigenvalue weighted by Crippen LogP contribution is -2.12. The number of rotatable bonds is 4. The summed E-state index contributed by atoms with van der Waals surface area (Å²) in [6.07, 6.45) is 0. The summed E-state index contributed by atoms with van der Waals surface area (Å²) >= 11 is 3.36. The Hall–Kier alpha value is -2.01. The molecule has 5 heteroatoms. The van der Waals surface area contributed by atoms with Crippen molar-refractivity contribution in [2.75, 3.05) is 19.5 Å². The molecule has 2 aromatic rings. The van der Waals surface area contributed by atoms with E-state index in [1.165, 1.54) is 0 Å². The maximum absolute atomic E-state index is 12.3. The molecule has 0 aliphatic rings. The summed E-state index contributed by atoms with van der Waals surface area (Å²) in [7, 11) is 3.15. The molecule has 2 rings (SSSR count). The molecule has 0 saturated carbocycles. The Balaban J connectivity index is 2.23. The van der Waals surface area contributed by atoms with Gasteiger partial charge in [-0.1, -0.05) is 6.07 Å². The highest BCUT2D eigenvalue weighted by molar-refractivity contribution is 9.10. The minimum Gasteiger partial charge on any atom is -0.497 e. The highest BCUT2D eigenvalue weighted by Crippen LogP contribution is 2.24. The van der Waals surface area contributed by atoms with Gasteiger partial charge in [-0.3, -0.25) is 4.79 Å². The van der Waals surface area contributed by atoms with E-state index < -0.39 is 0 Å². The number of carbonyl (C=O) groups excluding carboxylic acids is 1. The van der Waals surface area contributed by atoms with Crippen LogP contribution >= 0.6 is 15.9 Å². The molecule has 0 atom stereocenters. The van der Waals surface area contributed by atoms with Crippen LogP contribution in [0.5, 0.6) is 11.5 Å². The molecule has 0 fully saturated rings. The number of methoxy groups -OCH3 is 2. The van der Waals surface area contributed by atoms with E-state index in [4.69, 9.17) is 9.47 Å². The van der Waals surface area contributed by atoms with Gasteiger partial charge in [0.25, 0.3) is 5.91 Å². The lowest BCUT2D eigenvalue weighted by molar-refractivity contribution is 0.102. The van der Waals surface area contributed by atoms with Crippen LogP contribution in [0.15, 0.2) is 46.9 Å². The van der Waals surface area contributed by atoms with E-state index in [1.54, 1.807) is 44.6 Å². The largest absolute Gasteiger partial charge is 0.497 e. The third-order valence-electron chi connectivity index (χ3n) is 2.75. The zero-order chi connectivity index (χ0) is 14.5. The molecule has 0 aliphatic carbocycles. The fourth-order valence-electron chi connectivity index (χ4n) is 1.70. The molecule has 0 heterocycles. The summed E-state index contributed by atoms with van der Waals surface area (Å²) in [5, 5.41) is 2.82. The van der Waals surface area contributed by atoms with Crippen molar-refractivity contribution in [3.8, 4) is 11.5 Å². The van der Waals surface area contributed by atoms with Crippen molar-refractivity contribution < 1.29 is 14.3 Å². The van der Waals surface area contributed by atoms with E-state index in [2.05, 4.69) is 21.2 Å². The fraction of sp³-hybridized carbons (Fsp3) is 0.133. The molecule has 1 amide bonds. The van der Waals surface area contributed by atoms with E-state index in [0.717, 1.165) is 0 Å². The zero-order valence-electron chi connectivity index (χ0n) is 11.1. The first-order valence-electron chi connectivity index (χ1n) is 5.93. The van der Waals surface area contributed by atoms with Gasteiger partial charge in [0.05, 0.1) is 19.8 Å². The van der Waals surface area contributed by atoms with Crippen molar-refractivity contribution >= 4 is 27.5 Å². The molecule has 1 N–H and O–H groups in total. The number of ether oxygens (including phenoxy) is 2.